The van der Waals surface area contributed by atoms with Gasteiger partial charge in [0.1, 0.15) is 6.33 Å². The first-order chi connectivity index (χ1) is 13.2. The molecule has 4 rings (SSSR count). The first kappa shape index (κ1) is 17.0. The van der Waals surface area contributed by atoms with Crippen molar-refractivity contribution in [2.75, 3.05) is 6.79 Å². The van der Waals surface area contributed by atoms with Gasteiger partial charge in [-0.2, -0.15) is 0 Å². The molecule has 1 aromatic heterocycles. The van der Waals surface area contributed by atoms with Crippen LogP contribution in [0.4, 0.5) is 0 Å². The molecule has 0 aliphatic carbocycles. The maximum Gasteiger partial charge on any atom is 0.291 e. The first-order valence-electron chi connectivity index (χ1n) is 8.48. The molecular weight excluding hydrogens is 348 g/mol. The Morgan fingerprint density at radius 3 is 2.85 bits per heavy atom. The second-order valence-electron chi connectivity index (χ2n) is 6.09. The Hall–Kier alpha value is -3.39. The molecule has 1 atom stereocenters. The van der Waals surface area contributed by atoms with Gasteiger partial charge in [0.25, 0.3) is 5.91 Å². The highest BCUT2D eigenvalue weighted by atomic mass is 16.7. The van der Waals surface area contributed by atoms with Crippen molar-refractivity contribution in [3.8, 4) is 11.5 Å². The van der Waals surface area contributed by atoms with Gasteiger partial charge in [0.05, 0.1) is 12.6 Å². The molecule has 1 unspecified atom stereocenters. The molecule has 27 heavy (non-hydrogen) atoms. The van der Waals surface area contributed by atoms with Crippen LogP contribution < -0.4 is 14.8 Å². The molecule has 0 fully saturated rings. The normalized spacial score (nSPS) is 13.4. The van der Waals surface area contributed by atoms with Gasteiger partial charge in [-0.3, -0.25) is 4.79 Å². The highest BCUT2D eigenvalue weighted by molar-refractivity contribution is 5.90. The minimum atomic E-state index is -0.725. The highest BCUT2D eigenvalue weighted by Gasteiger charge is 2.16. The van der Waals surface area contributed by atoms with E-state index in [2.05, 4.69) is 15.4 Å². The zero-order valence-corrected chi connectivity index (χ0v) is 14.4. The predicted octanol–water partition coefficient (Wildman–Crippen LogP) is 1.67. The van der Waals surface area contributed by atoms with E-state index < -0.39 is 6.10 Å². The molecule has 2 N–H and O–H groups in total. The van der Waals surface area contributed by atoms with E-state index in [4.69, 9.17) is 9.47 Å². The van der Waals surface area contributed by atoms with Crippen LogP contribution in [0.2, 0.25) is 0 Å². The molecule has 0 bridgehead atoms. The number of aromatic nitrogens is 3. The van der Waals surface area contributed by atoms with Gasteiger partial charge >= 0.3 is 0 Å². The lowest BCUT2D eigenvalue weighted by Crippen LogP contribution is -2.24. The van der Waals surface area contributed by atoms with E-state index in [1.165, 1.54) is 11.0 Å². The monoisotopic (exact) mass is 366 g/mol. The van der Waals surface area contributed by atoms with Crippen LogP contribution in [-0.2, 0) is 13.1 Å². The lowest BCUT2D eigenvalue weighted by Gasteiger charge is -2.10. The summed E-state index contributed by atoms with van der Waals surface area (Å²) < 4.78 is 12.0. The average Bonchev–Trinajstić information content (AvgIpc) is 3.35. The zero-order valence-electron chi connectivity index (χ0n) is 14.4. The van der Waals surface area contributed by atoms with E-state index >= 15 is 0 Å². The third-order valence-electron chi connectivity index (χ3n) is 4.17. The molecule has 1 aliphatic heterocycles. The molecular formula is C19H18N4O4. The van der Waals surface area contributed by atoms with Crippen molar-refractivity contribution in [3.05, 3.63) is 71.8 Å². The number of fused-ring (bicyclic) bond motifs is 1. The summed E-state index contributed by atoms with van der Waals surface area (Å²) in [6.07, 6.45) is 0.708. The van der Waals surface area contributed by atoms with Gasteiger partial charge < -0.3 is 19.9 Å². The summed E-state index contributed by atoms with van der Waals surface area (Å²) in [5.74, 6) is 1.03. The van der Waals surface area contributed by atoms with Crippen molar-refractivity contribution in [2.45, 2.75) is 19.2 Å². The minimum absolute atomic E-state index is 0.0519. The fourth-order valence-corrected chi connectivity index (χ4v) is 2.76. The number of carbonyl (C=O) groups is 1. The Bertz CT molecular complexity index is 942. The summed E-state index contributed by atoms with van der Waals surface area (Å²) in [5.41, 5.74) is 1.66. The van der Waals surface area contributed by atoms with E-state index in [1.807, 2.05) is 48.5 Å². The van der Waals surface area contributed by atoms with Crippen molar-refractivity contribution in [1.82, 2.24) is 20.1 Å². The number of rotatable bonds is 6. The fourth-order valence-electron chi connectivity index (χ4n) is 2.76. The van der Waals surface area contributed by atoms with Crippen molar-refractivity contribution in [3.63, 3.8) is 0 Å². The number of carbonyl (C=O) groups excluding carboxylic acids is 1. The molecule has 0 radical (unpaired) electrons. The van der Waals surface area contributed by atoms with Crippen LogP contribution in [0.3, 0.4) is 0 Å². The Morgan fingerprint density at radius 2 is 2.00 bits per heavy atom. The van der Waals surface area contributed by atoms with E-state index in [-0.39, 0.29) is 25.1 Å². The summed E-state index contributed by atoms with van der Waals surface area (Å²) in [6.45, 7) is 0.741. The first-order valence-corrected chi connectivity index (χ1v) is 8.48. The van der Waals surface area contributed by atoms with Gasteiger partial charge in [-0.05, 0) is 23.3 Å². The second kappa shape index (κ2) is 7.46. The van der Waals surface area contributed by atoms with Gasteiger partial charge in [-0.1, -0.05) is 36.4 Å². The third kappa shape index (κ3) is 3.90. The number of hydrogen-bond acceptors (Lipinski definition) is 6. The number of nitrogens with zero attached hydrogens (tertiary/aromatic N) is 3. The predicted molar refractivity (Wildman–Crippen MR) is 95.2 cm³/mol. The van der Waals surface area contributed by atoms with E-state index in [1.54, 1.807) is 0 Å². The molecule has 3 aromatic rings. The van der Waals surface area contributed by atoms with Crippen molar-refractivity contribution in [2.24, 2.45) is 0 Å². The molecule has 138 valence electrons. The molecule has 1 amide bonds. The van der Waals surface area contributed by atoms with Crippen LogP contribution in [-0.4, -0.2) is 32.6 Å². The SMILES string of the molecule is O=C(NCc1ccc2c(c1)OCO2)c1ncn(CC(O)c2ccccc2)n1. The topological polar surface area (TPSA) is 98.5 Å². The third-order valence-corrected chi connectivity index (χ3v) is 4.17. The molecule has 2 heterocycles. The lowest BCUT2D eigenvalue weighted by atomic mass is 10.1. The van der Waals surface area contributed by atoms with E-state index in [0.717, 1.165) is 11.1 Å². The van der Waals surface area contributed by atoms with Crippen molar-refractivity contribution >= 4 is 5.91 Å². The molecule has 2 aromatic carbocycles. The van der Waals surface area contributed by atoms with Gasteiger partial charge in [0.2, 0.25) is 12.6 Å². The summed E-state index contributed by atoms with van der Waals surface area (Å²) in [6, 6.07) is 14.8. The zero-order chi connectivity index (χ0) is 18.6. The molecule has 0 saturated heterocycles. The summed E-state index contributed by atoms with van der Waals surface area (Å²) in [5, 5.41) is 17.1. The van der Waals surface area contributed by atoms with Crippen molar-refractivity contribution in [1.29, 1.82) is 0 Å². The van der Waals surface area contributed by atoms with Crippen LogP contribution in [0.5, 0.6) is 11.5 Å². The van der Waals surface area contributed by atoms with Gasteiger partial charge in [-0.25, -0.2) is 9.67 Å². The van der Waals surface area contributed by atoms with Gasteiger partial charge in [-0.15, -0.1) is 5.10 Å². The Labute approximate surface area is 155 Å². The lowest BCUT2D eigenvalue weighted by molar-refractivity contribution is 0.0938. The van der Waals surface area contributed by atoms with Crippen LogP contribution in [0.1, 0.15) is 27.8 Å². The van der Waals surface area contributed by atoms with Crippen LogP contribution >= 0.6 is 0 Å². The van der Waals surface area contributed by atoms with E-state index in [9.17, 15) is 9.90 Å². The van der Waals surface area contributed by atoms with Crippen LogP contribution in [0.15, 0.2) is 54.9 Å². The average molecular weight is 366 g/mol. The van der Waals surface area contributed by atoms with E-state index in [0.29, 0.717) is 18.0 Å². The standard InChI is InChI=1S/C19H18N4O4/c24-15(14-4-2-1-3-5-14)10-23-11-21-18(22-23)19(25)20-9-13-6-7-16-17(8-13)27-12-26-16/h1-8,11,15,24H,9-10,12H2,(H,20,25). The quantitative estimate of drug-likeness (QED) is 0.689. The largest absolute Gasteiger partial charge is 0.454 e. The molecule has 8 heteroatoms. The minimum Gasteiger partial charge on any atom is -0.454 e. The molecule has 0 saturated carbocycles. The molecule has 8 nitrogen and oxygen atoms in total. The Morgan fingerprint density at radius 1 is 1.19 bits per heavy atom. The molecule has 0 spiro atoms. The number of ether oxygens (including phenoxy) is 2. The summed E-state index contributed by atoms with van der Waals surface area (Å²) in [7, 11) is 0. The highest BCUT2D eigenvalue weighted by Crippen LogP contribution is 2.32. The number of nitrogens with one attached hydrogen (secondary N) is 1. The number of amides is 1. The fraction of sp³-hybridized carbons (Fsp3) is 0.211. The maximum atomic E-state index is 12.3. The van der Waals surface area contributed by atoms with Crippen LogP contribution in [0, 0.1) is 0 Å². The second-order valence-corrected chi connectivity index (χ2v) is 6.09. The Balaban J connectivity index is 1.34. The number of aliphatic hydroxyl groups excluding tert-OH is 1. The number of benzene rings is 2. The summed E-state index contributed by atoms with van der Waals surface area (Å²) in [4.78, 5) is 16.3. The van der Waals surface area contributed by atoms with Crippen LogP contribution in [0.25, 0.3) is 0 Å². The molecule has 1 aliphatic rings. The smallest absolute Gasteiger partial charge is 0.291 e. The number of hydrogen-bond donors (Lipinski definition) is 2. The Kier molecular flexibility index (Phi) is 4.71. The summed E-state index contributed by atoms with van der Waals surface area (Å²) >= 11 is 0. The van der Waals surface area contributed by atoms with Gasteiger partial charge in [0.15, 0.2) is 11.5 Å². The van der Waals surface area contributed by atoms with Gasteiger partial charge in [0, 0.05) is 6.54 Å². The number of aliphatic hydroxyl groups is 1. The van der Waals surface area contributed by atoms with Crippen molar-refractivity contribution < 1.29 is 19.4 Å². The maximum absolute atomic E-state index is 12.3.